The number of amides is 1. The molecule has 0 aliphatic heterocycles. The molecule has 0 saturated heterocycles. The molecule has 35 heavy (non-hydrogen) atoms. The SMILES string of the molecule is CCOC(=O)C(Cc1ccc(OCCNc2ccc(O)cc2N(C)C(=O)OC(C)(C)C)cc1)SC. The summed E-state index contributed by atoms with van der Waals surface area (Å²) in [6.45, 7) is 8.42. The van der Waals surface area contributed by atoms with Crippen molar-refractivity contribution >= 4 is 35.2 Å². The number of aromatic hydroxyl groups is 1. The molecular formula is C26H36N2O6S. The van der Waals surface area contributed by atoms with Crippen molar-refractivity contribution < 1.29 is 28.9 Å². The van der Waals surface area contributed by atoms with Crippen molar-refractivity contribution in [1.82, 2.24) is 0 Å². The number of thioether (sulfide) groups is 1. The van der Waals surface area contributed by atoms with Crippen LogP contribution >= 0.6 is 11.8 Å². The van der Waals surface area contributed by atoms with Crippen LogP contribution in [-0.2, 0) is 20.7 Å². The third-order valence-electron chi connectivity index (χ3n) is 4.87. The average Bonchev–Trinajstić information content (AvgIpc) is 2.80. The van der Waals surface area contributed by atoms with E-state index in [9.17, 15) is 14.7 Å². The summed E-state index contributed by atoms with van der Waals surface area (Å²) in [5.74, 6) is 0.561. The number of phenolic OH excluding ortho intramolecular Hbond substituents is 1. The van der Waals surface area contributed by atoms with Gasteiger partial charge in [0.2, 0.25) is 0 Å². The highest BCUT2D eigenvalue weighted by molar-refractivity contribution is 7.99. The third kappa shape index (κ3) is 9.24. The van der Waals surface area contributed by atoms with Crippen LogP contribution in [0.5, 0.6) is 11.5 Å². The van der Waals surface area contributed by atoms with Gasteiger partial charge in [-0.25, -0.2) is 4.79 Å². The van der Waals surface area contributed by atoms with Crippen molar-refractivity contribution in [2.45, 2.75) is 45.0 Å². The lowest BCUT2D eigenvalue weighted by atomic mass is 10.1. The second-order valence-electron chi connectivity index (χ2n) is 8.84. The third-order valence-corrected chi connectivity index (χ3v) is 5.80. The van der Waals surface area contributed by atoms with Crippen LogP contribution in [0, 0.1) is 0 Å². The lowest BCUT2D eigenvalue weighted by molar-refractivity contribution is -0.142. The van der Waals surface area contributed by atoms with Gasteiger partial charge < -0.3 is 24.6 Å². The number of nitrogens with zero attached hydrogens (tertiary/aromatic N) is 1. The molecule has 8 nitrogen and oxygen atoms in total. The Hall–Kier alpha value is -3.07. The molecule has 2 aromatic rings. The van der Waals surface area contributed by atoms with Crippen LogP contribution in [0.2, 0.25) is 0 Å². The summed E-state index contributed by atoms with van der Waals surface area (Å²) in [5.41, 5.74) is 1.56. The van der Waals surface area contributed by atoms with Crippen LogP contribution in [0.4, 0.5) is 16.2 Å². The molecule has 0 saturated carbocycles. The van der Waals surface area contributed by atoms with E-state index in [1.165, 1.54) is 22.7 Å². The van der Waals surface area contributed by atoms with E-state index in [1.54, 1.807) is 46.9 Å². The number of hydrogen-bond acceptors (Lipinski definition) is 8. The Morgan fingerprint density at radius 3 is 2.43 bits per heavy atom. The van der Waals surface area contributed by atoms with E-state index in [-0.39, 0.29) is 17.0 Å². The van der Waals surface area contributed by atoms with Gasteiger partial charge in [-0.2, -0.15) is 0 Å². The second-order valence-corrected chi connectivity index (χ2v) is 9.88. The number of anilines is 2. The number of rotatable bonds is 11. The standard InChI is InChI=1S/C26H36N2O6S/c1-7-32-24(30)23(35-6)16-18-8-11-20(12-9-18)33-15-14-27-21-13-10-19(29)17-22(21)28(5)25(31)34-26(2,3)4/h8-13,17,23,27,29H,7,14-16H2,1-6H3. The summed E-state index contributed by atoms with van der Waals surface area (Å²) < 4.78 is 16.4. The summed E-state index contributed by atoms with van der Waals surface area (Å²) in [7, 11) is 1.59. The minimum Gasteiger partial charge on any atom is -0.508 e. The number of hydrogen-bond donors (Lipinski definition) is 2. The van der Waals surface area contributed by atoms with Crippen molar-refractivity contribution in [3.8, 4) is 11.5 Å². The maximum atomic E-state index is 12.5. The van der Waals surface area contributed by atoms with Gasteiger partial charge in [0.25, 0.3) is 0 Å². The van der Waals surface area contributed by atoms with Gasteiger partial charge in [0, 0.05) is 19.7 Å². The molecule has 0 radical (unpaired) electrons. The van der Waals surface area contributed by atoms with E-state index in [2.05, 4.69) is 5.32 Å². The normalized spacial score (nSPS) is 11.9. The van der Waals surface area contributed by atoms with Crippen molar-refractivity contribution in [3.05, 3.63) is 48.0 Å². The van der Waals surface area contributed by atoms with Crippen LogP contribution in [0.25, 0.3) is 0 Å². The topological polar surface area (TPSA) is 97.3 Å². The molecule has 0 heterocycles. The Morgan fingerprint density at radius 1 is 1.14 bits per heavy atom. The van der Waals surface area contributed by atoms with Crippen molar-refractivity contribution in [1.29, 1.82) is 0 Å². The highest BCUT2D eigenvalue weighted by atomic mass is 32.2. The maximum Gasteiger partial charge on any atom is 0.414 e. The molecule has 1 unspecified atom stereocenters. The number of esters is 1. The first-order chi connectivity index (χ1) is 16.5. The Bertz CT molecular complexity index is 975. The van der Waals surface area contributed by atoms with E-state index in [0.717, 1.165) is 5.56 Å². The zero-order valence-electron chi connectivity index (χ0n) is 21.3. The van der Waals surface area contributed by atoms with Crippen LogP contribution in [0.3, 0.4) is 0 Å². The number of phenols is 1. The molecule has 192 valence electrons. The zero-order chi connectivity index (χ0) is 26.0. The van der Waals surface area contributed by atoms with Crippen LogP contribution < -0.4 is 15.0 Å². The highest BCUT2D eigenvalue weighted by Crippen LogP contribution is 2.30. The number of nitrogens with one attached hydrogen (secondary N) is 1. The Kier molecular flexibility index (Phi) is 10.6. The minimum atomic E-state index is -0.631. The van der Waals surface area contributed by atoms with Crippen molar-refractivity contribution in [3.63, 3.8) is 0 Å². The van der Waals surface area contributed by atoms with Crippen LogP contribution in [0.1, 0.15) is 33.3 Å². The fraction of sp³-hybridized carbons (Fsp3) is 0.462. The zero-order valence-corrected chi connectivity index (χ0v) is 22.1. The first-order valence-electron chi connectivity index (χ1n) is 11.5. The molecule has 2 rings (SSSR count). The average molecular weight is 505 g/mol. The van der Waals surface area contributed by atoms with Gasteiger partial charge in [0.1, 0.15) is 29.0 Å². The van der Waals surface area contributed by atoms with Gasteiger partial charge in [0.15, 0.2) is 0 Å². The molecule has 2 N–H and O–H groups in total. The molecule has 1 amide bonds. The molecule has 0 fully saturated rings. The largest absolute Gasteiger partial charge is 0.508 e. The molecular weight excluding hydrogens is 468 g/mol. The number of carbonyl (C=O) groups excluding carboxylic acids is 2. The number of benzene rings is 2. The second kappa shape index (κ2) is 13.1. The Morgan fingerprint density at radius 2 is 1.83 bits per heavy atom. The molecule has 0 spiro atoms. The summed E-state index contributed by atoms with van der Waals surface area (Å²) in [6, 6.07) is 12.4. The molecule has 0 aliphatic rings. The predicted octanol–water partition coefficient (Wildman–Crippen LogP) is 5.09. The summed E-state index contributed by atoms with van der Waals surface area (Å²) in [4.78, 5) is 25.8. The lowest BCUT2D eigenvalue weighted by Crippen LogP contribution is -2.34. The van der Waals surface area contributed by atoms with E-state index >= 15 is 0 Å². The lowest BCUT2D eigenvalue weighted by Gasteiger charge is -2.26. The number of carbonyl (C=O) groups is 2. The van der Waals surface area contributed by atoms with E-state index in [1.807, 2.05) is 30.5 Å². The summed E-state index contributed by atoms with van der Waals surface area (Å²) in [6.07, 6.45) is 1.97. The Labute approximate surface area is 211 Å². The molecule has 9 heteroatoms. The quantitative estimate of drug-likeness (QED) is 0.248. The highest BCUT2D eigenvalue weighted by Gasteiger charge is 2.22. The molecule has 0 aromatic heterocycles. The monoisotopic (exact) mass is 504 g/mol. The van der Waals surface area contributed by atoms with Gasteiger partial charge in [-0.15, -0.1) is 11.8 Å². The fourth-order valence-electron chi connectivity index (χ4n) is 3.16. The first kappa shape index (κ1) is 28.2. The molecule has 2 aromatic carbocycles. The van der Waals surface area contributed by atoms with Gasteiger partial charge in [-0.05, 0) is 70.2 Å². The van der Waals surface area contributed by atoms with Crippen LogP contribution in [0.15, 0.2) is 42.5 Å². The van der Waals surface area contributed by atoms with Crippen LogP contribution in [-0.4, -0.2) is 61.1 Å². The first-order valence-corrected chi connectivity index (χ1v) is 12.8. The molecule has 0 aliphatic carbocycles. The molecule has 1 atom stereocenters. The van der Waals surface area contributed by atoms with Gasteiger partial charge in [-0.1, -0.05) is 12.1 Å². The number of ether oxygens (including phenoxy) is 3. The van der Waals surface area contributed by atoms with Crippen molar-refractivity contribution in [2.24, 2.45) is 0 Å². The Balaban J connectivity index is 1.92. The minimum absolute atomic E-state index is 0.0453. The van der Waals surface area contributed by atoms with Gasteiger partial charge >= 0.3 is 12.1 Å². The maximum absolute atomic E-state index is 12.5. The summed E-state index contributed by atoms with van der Waals surface area (Å²) >= 11 is 1.48. The molecule has 0 bridgehead atoms. The summed E-state index contributed by atoms with van der Waals surface area (Å²) in [5, 5.41) is 12.9. The predicted molar refractivity (Wildman–Crippen MR) is 141 cm³/mol. The van der Waals surface area contributed by atoms with Gasteiger partial charge in [0.05, 0.1) is 18.0 Å². The smallest absolute Gasteiger partial charge is 0.414 e. The van der Waals surface area contributed by atoms with Crippen molar-refractivity contribution in [2.75, 3.05) is 43.3 Å². The van der Waals surface area contributed by atoms with E-state index < -0.39 is 11.7 Å². The van der Waals surface area contributed by atoms with E-state index in [4.69, 9.17) is 14.2 Å². The van der Waals surface area contributed by atoms with E-state index in [0.29, 0.717) is 43.3 Å². The van der Waals surface area contributed by atoms with Gasteiger partial charge in [-0.3, -0.25) is 9.69 Å². The fourth-order valence-corrected chi connectivity index (χ4v) is 3.78.